The lowest BCUT2D eigenvalue weighted by atomic mass is 9.98. The number of morpholine rings is 1. The molecule has 2 atom stereocenters. The first kappa shape index (κ1) is 16.3. The van der Waals surface area contributed by atoms with E-state index >= 15 is 0 Å². The number of benzene rings is 1. The molecule has 3 nitrogen and oxygen atoms in total. The van der Waals surface area contributed by atoms with Crippen molar-refractivity contribution in [1.82, 2.24) is 9.80 Å². The fraction of sp³-hybridized carbons (Fsp3) is 0.500. The summed E-state index contributed by atoms with van der Waals surface area (Å²) >= 11 is 1.88. The number of likely N-dealkylation sites (tertiary alicyclic amines) is 1. The van der Waals surface area contributed by atoms with Crippen molar-refractivity contribution in [2.75, 3.05) is 32.8 Å². The molecule has 1 aromatic carbocycles. The Kier molecular flexibility index (Phi) is 5.28. The Labute approximate surface area is 148 Å². The van der Waals surface area contributed by atoms with Crippen LogP contribution in [0.5, 0.6) is 0 Å². The maximum atomic E-state index is 5.57. The van der Waals surface area contributed by atoms with Crippen molar-refractivity contribution in [3.05, 3.63) is 58.3 Å². The van der Waals surface area contributed by atoms with Crippen molar-refractivity contribution in [1.29, 1.82) is 0 Å². The summed E-state index contributed by atoms with van der Waals surface area (Å²) in [7, 11) is 0. The molecule has 0 bridgehead atoms. The van der Waals surface area contributed by atoms with Crippen molar-refractivity contribution < 1.29 is 4.74 Å². The second-order valence-electron chi connectivity index (χ2n) is 6.81. The van der Waals surface area contributed by atoms with E-state index in [1.54, 1.807) is 0 Å². The van der Waals surface area contributed by atoms with Crippen molar-refractivity contribution in [3.63, 3.8) is 0 Å². The summed E-state index contributed by atoms with van der Waals surface area (Å²) < 4.78 is 5.57. The first-order chi connectivity index (χ1) is 11.9. The van der Waals surface area contributed by atoms with Gasteiger partial charge in [-0.1, -0.05) is 36.4 Å². The van der Waals surface area contributed by atoms with Gasteiger partial charge in [0.15, 0.2) is 0 Å². The van der Waals surface area contributed by atoms with Gasteiger partial charge in [0, 0.05) is 43.1 Å². The number of ether oxygens (including phenoxy) is 1. The van der Waals surface area contributed by atoms with Gasteiger partial charge in [0.05, 0.1) is 13.2 Å². The lowest BCUT2D eigenvalue weighted by Gasteiger charge is -2.37. The SMILES string of the molecule is c1ccc(C[C@@H]2[C@@H](N3CCOCC3)CCN2Cc2cccs2)cc1. The third kappa shape index (κ3) is 3.72. The fourth-order valence-electron chi connectivity index (χ4n) is 4.15. The molecular formula is C20H26N2OS. The van der Waals surface area contributed by atoms with Crippen LogP contribution in [0, 0.1) is 0 Å². The molecule has 1 aromatic heterocycles. The minimum absolute atomic E-state index is 0.604. The number of rotatable bonds is 5. The molecule has 3 heterocycles. The number of hydrogen-bond donors (Lipinski definition) is 0. The third-order valence-corrected chi connectivity index (χ3v) is 6.23. The van der Waals surface area contributed by atoms with Crippen LogP contribution in [0.4, 0.5) is 0 Å². The zero-order valence-corrected chi connectivity index (χ0v) is 15.0. The summed E-state index contributed by atoms with van der Waals surface area (Å²) in [5.74, 6) is 0. The van der Waals surface area contributed by atoms with Gasteiger partial charge >= 0.3 is 0 Å². The molecule has 0 aliphatic carbocycles. The van der Waals surface area contributed by atoms with Gasteiger partial charge in [-0.25, -0.2) is 0 Å². The smallest absolute Gasteiger partial charge is 0.0594 e. The molecule has 4 rings (SSSR count). The Bertz CT molecular complexity index is 610. The quantitative estimate of drug-likeness (QED) is 0.829. The lowest BCUT2D eigenvalue weighted by Crippen LogP contribution is -2.50. The second-order valence-corrected chi connectivity index (χ2v) is 7.84. The summed E-state index contributed by atoms with van der Waals surface area (Å²) in [5, 5.41) is 2.19. The molecule has 0 unspecified atom stereocenters. The van der Waals surface area contributed by atoms with Gasteiger partial charge in [-0.3, -0.25) is 9.80 Å². The Morgan fingerprint density at radius 2 is 1.83 bits per heavy atom. The summed E-state index contributed by atoms with van der Waals surface area (Å²) in [5.41, 5.74) is 1.46. The van der Waals surface area contributed by atoms with E-state index in [-0.39, 0.29) is 0 Å². The number of thiophene rings is 1. The van der Waals surface area contributed by atoms with Gasteiger partial charge in [-0.05, 0) is 29.9 Å². The van der Waals surface area contributed by atoms with Crippen LogP contribution in [0.3, 0.4) is 0 Å². The van der Waals surface area contributed by atoms with Gasteiger partial charge < -0.3 is 4.74 Å². The summed E-state index contributed by atoms with van der Waals surface area (Å²) in [6.07, 6.45) is 2.43. The lowest BCUT2D eigenvalue weighted by molar-refractivity contribution is 0.00794. The minimum Gasteiger partial charge on any atom is -0.379 e. The minimum atomic E-state index is 0.604. The summed E-state index contributed by atoms with van der Waals surface area (Å²) in [6, 6.07) is 16.7. The van der Waals surface area contributed by atoms with Gasteiger partial charge in [-0.15, -0.1) is 11.3 Å². The molecule has 24 heavy (non-hydrogen) atoms. The Hall–Kier alpha value is -1.20. The van der Waals surface area contributed by atoms with E-state index in [9.17, 15) is 0 Å². The van der Waals surface area contributed by atoms with E-state index in [4.69, 9.17) is 4.74 Å². The van der Waals surface area contributed by atoms with Crippen LogP contribution in [-0.4, -0.2) is 54.7 Å². The molecule has 2 fully saturated rings. The first-order valence-corrected chi connectivity index (χ1v) is 9.90. The first-order valence-electron chi connectivity index (χ1n) is 9.02. The molecule has 0 saturated carbocycles. The summed E-state index contributed by atoms with van der Waals surface area (Å²) in [4.78, 5) is 6.86. The molecule has 0 spiro atoms. The highest BCUT2D eigenvalue weighted by Gasteiger charge is 2.38. The van der Waals surface area contributed by atoms with Crippen LogP contribution in [0.2, 0.25) is 0 Å². The Balaban J connectivity index is 1.52. The molecular weight excluding hydrogens is 316 g/mol. The van der Waals surface area contributed by atoms with Crippen LogP contribution in [0.25, 0.3) is 0 Å². The van der Waals surface area contributed by atoms with Crippen LogP contribution in [0.15, 0.2) is 47.8 Å². The maximum Gasteiger partial charge on any atom is 0.0594 e. The van der Waals surface area contributed by atoms with Crippen molar-refractivity contribution in [2.24, 2.45) is 0 Å². The van der Waals surface area contributed by atoms with E-state index in [0.29, 0.717) is 12.1 Å². The highest BCUT2D eigenvalue weighted by molar-refractivity contribution is 7.09. The Morgan fingerprint density at radius 3 is 2.58 bits per heavy atom. The summed E-state index contributed by atoms with van der Waals surface area (Å²) in [6.45, 7) is 6.25. The average molecular weight is 343 g/mol. The van der Waals surface area contributed by atoms with E-state index in [1.807, 2.05) is 11.3 Å². The topological polar surface area (TPSA) is 15.7 Å². The second kappa shape index (κ2) is 7.79. The van der Waals surface area contributed by atoms with Crippen LogP contribution in [-0.2, 0) is 17.7 Å². The molecule has 0 radical (unpaired) electrons. The predicted molar refractivity (Wildman–Crippen MR) is 99.5 cm³/mol. The number of nitrogens with zero attached hydrogens (tertiary/aromatic N) is 2. The van der Waals surface area contributed by atoms with E-state index in [1.165, 1.54) is 23.4 Å². The molecule has 0 amide bonds. The predicted octanol–water partition coefficient (Wildman–Crippen LogP) is 3.27. The number of hydrogen-bond acceptors (Lipinski definition) is 4. The standard InChI is InChI=1S/C20H26N2OS/c1-2-5-17(6-3-1)15-20-19(21-10-12-23-13-11-21)8-9-22(20)16-18-7-4-14-24-18/h1-7,14,19-20H,8-13,15-16H2/t19-,20+/m0/s1. The van der Waals surface area contributed by atoms with Crippen LogP contribution in [0.1, 0.15) is 16.9 Å². The van der Waals surface area contributed by atoms with Gasteiger partial charge in [0.1, 0.15) is 0 Å². The molecule has 4 heteroatoms. The van der Waals surface area contributed by atoms with Crippen molar-refractivity contribution in [2.45, 2.75) is 31.5 Å². The highest BCUT2D eigenvalue weighted by atomic mass is 32.1. The van der Waals surface area contributed by atoms with E-state index in [2.05, 4.69) is 57.6 Å². The molecule has 2 aliphatic heterocycles. The van der Waals surface area contributed by atoms with Gasteiger partial charge in [0.2, 0.25) is 0 Å². The molecule has 2 aliphatic rings. The molecule has 2 aromatic rings. The largest absolute Gasteiger partial charge is 0.379 e. The van der Waals surface area contributed by atoms with Gasteiger partial charge in [0.25, 0.3) is 0 Å². The molecule has 0 N–H and O–H groups in total. The van der Waals surface area contributed by atoms with Crippen LogP contribution >= 0.6 is 11.3 Å². The monoisotopic (exact) mass is 342 g/mol. The zero-order valence-electron chi connectivity index (χ0n) is 14.1. The Morgan fingerprint density at radius 1 is 1.00 bits per heavy atom. The van der Waals surface area contributed by atoms with E-state index < -0.39 is 0 Å². The normalized spacial score (nSPS) is 26.0. The van der Waals surface area contributed by atoms with Crippen LogP contribution < -0.4 is 0 Å². The maximum absolute atomic E-state index is 5.57. The van der Waals surface area contributed by atoms with Gasteiger partial charge in [-0.2, -0.15) is 0 Å². The van der Waals surface area contributed by atoms with Crippen molar-refractivity contribution in [3.8, 4) is 0 Å². The average Bonchev–Trinajstić information content (AvgIpc) is 3.28. The molecule has 128 valence electrons. The van der Waals surface area contributed by atoms with E-state index in [0.717, 1.165) is 39.3 Å². The third-order valence-electron chi connectivity index (χ3n) is 5.37. The molecule has 2 saturated heterocycles. The highest BCUT2D eigenvalue weighted by Crippen LogP contribution is 2.29. The fourth-order valence-corrected chi connectivity index (χ4v) is 4.88. The zero-order chi connectivity index (χ0) is 16.2. The van der Waals surface area contributed by atoms with Crippen molar-refractivity contribution >= 4 is 11.3 Å².